The molecule has 0 spiro atoms. The van der Waals surface area contributed by atoms with Crippen LogP contribution in [0.4, 0.5) is 17.1 Å². The van der Waals surface area contributed by atoms with Crippen molar-refractivity contribution in [3.63, 3.8) is 0 Å². The van der Waals surface area contributed by atoms with E-state index in [1.165, 1.54) is 60.6 Å². The van der Waals surface area contributed by atoms with Crippen LogP contribution in [-0.2, 0) is 24.8 Å². The summed E-state index contributed by atoms with van der Waals surface area (Å²) in [6, 6.07) is 21.5. The number of thioether (sulfide) groups is 1. The molecule has 0 saturated carbocycles. The van der Waals surface area contributed by atoms with E-state index in [-0.39, 0.29) is 15.5 Å². The van der Waals surface area contributed by atoms with Crippen LogP contribution in [0.5, 0.6) is 5.75 Å². The molecule has 1 heterocycles. The van der Waals surface area contributed by atoms with Gasteiger partial charge >= 0.3 is 0 Å². The van der Waals surface area contributed by atoms with Crippen molar-refractivity contribution in [3.05, 3.63) is 97.3 Å². The van der Waals surface area contributed by atoms with Gasteiger partial charge in [0.15, 0.2) is 0 Å². The first-order valence-corrected chi connectivity index (χ1v) is 16.5. The van der Waals surface area contributed by atoms with Crippen molar-refractivity contribution in [2.75, 3.05) is 33.8 Å². The minimum Gasteiger partial charge on any atom is -0.494 e. The first-order chi connectivity index (χ1) is 19.6. The molecule has 0 aliphatic heterocycles. The number of rotatable bonds is 12. The highest BCUT2D eigenvalue weighted by atomic mass is 32.2. The van der Waals surface area contributed by atoms with E-state index < -0.39 is 32.5 Å². The third-order valence-corrected chi connectivity index (χ3v) is 9.66. The van der Waals surface area contributed by atoms with E-state index in [1.807, 2.05) is 13.2 Å². The Hall–Kier alpha value is -4.07. The summed E-state index contributed by atoms with van der Waals surface area (Å²) in [6.07, 6.45) is 4.80. The van der Waals surface area contributed by atoms with Gasteiger partial charge in [-0.1, -0.05) is 0 Å². The van der Waals surface area contributed by atoms with Crippen LogP contribution in [0.1, 0.15) is 6.92 Å². The van der Waals surface area contributed by atoms with Gasteiger partial charge in [-0.25, -0.2) is 16.8 Å². The molecule has 3 aromatic carbocycles. The van der Waals surface area contributed by atoms with Crippen LogP contribution in [0.2, 0.25) is 0 Å². The number of amides is 1. The summed E-state index contributed by atoms with van der Waals surface area (Å²) >= 11 is 1.48. The van der Waals surface area contributed by atoms with Gasteiger partial charge in [-0.2, -0.15) is 0 Å². The lowest BCUT2D eigenvalue weighted by Gasteiger charge is -2.24. The first kappa shape index (κ1) is 29.9. The molecular formula is C28H28N4O6S3. The summed E-state index contributed by atoms with van der Waals surface area (Å²) in [5.41, 5.74) is 0.882. The Morgan fingerprint density at radius 3 is 2.12 bits per heavy atom. The van der Waals surface area contributed by atoms with E-state index in [9.17, 15) is 21.6 Å². The monoisotopic (exact) mass is 612 g/mol. The molecule has 0 atom stereocenters. The Kier molecular flexibility index (Phi) is 9.53. The number of hydrogen-bond acceptors (Lipinski definition) is 8. The zero-order valence-corrected chi connectivity index (χ0v) is 24.7. The standard InChI is InChI=1S/C28H28N4O6S3/c1-3-38-24-10-8-23(9-11-24)32(41(36,37)27-16-12-25(39-2)13-17-27)20-28(33)30-21-6-14-26(15-7-21)40(34,35)31-22-5-4-18-29-19-22/h4-19,31H,3,20H2,1-2H3,(H,30,33). The van der Waals surface area contributed by atoms with Gasteiger partial charge in [0.05, 0.1) is 34.0 Å². The average Bonchev–Trinajstić information content (AvgIpc) is 2.97. The lowest BCUT2D eigenvalue weighted by Crippen LogP contribution is -2.38. The number of carbonyl (C=O) groups is 1. The fraction of sp³-hybridized carbons (Fsp3) is 0.143. The average molecular weight is 613 g/mol. The van der Waals surface area contributed by atoms with Crippen molar-refractivity contribution in [2.24, 2.45) is 0 Å². The smallest absolute Gasteiger partial charge is 0.264 e. The van der Waals surface area contributed by atoms with Crippen LogP contribution >= 0.6 is 11.8 Å². The highest BCUT2D eigenvalue weighted by molar-refractivity contribution is 7.98. The van der Waals surface area contributed by atoms with Crippen molar-refractivity contribution >= 4 is 54.8 Å². The fourth-order valence-corrected chi connectivity index (χ4v) is 6.62. The minimum atomic E-state index is -4.12. The summed E-state index contributed by atoms with van der Waals surface area (Å²) in [7, 11) is -8.00. The zero-order valence-electron chi connectivity index (χ0n) is 22.2. The molecule has 214 valence electrons. The number of aromatic nitrogens is 1. The van der Waals surface area contributed by atoms with Gasteiger partial charge in [0.2, 0.25) is 5.91 Å². The maximum absolute atomic E-state index is 13.7. The van der Waals surface area contributed by atoms with E-state index in [4.69, 9.17) is 4.74 Å². The maximum Gasteiger partial charge on any atom is 0.264 e. The highest BCUT2D eigenvalue weighted by Crippen LogP contribution is 2.27. The third kappa shape index (κ3) is 7.57. The molecular weight excluding hydrogens is 585 g/mol. The van der Waals surface area contributed by atoms with E-state index >= 15 is 0 Å². The molecule has 0 unspecified atom stereocenters. The lowest BCUT2D eigenvalue weighted by atomic mass is 10.3. The Morgan fingerprint density at radius 2 is 1.54 bits per heavy atom. The van der Waals surface area contributed by atoms with Crippen LogP contribution in [0, 0.1) is 0 Å². The van der Waals surface area contributed by atoms with Gasteiger partial charge in [0.1, 0.15) is 12.3 Å². The summed E-state index contributed by atoms with van der Waals surface area (Å²) in [5.74, 6) is -0.0530. The highest BCUT2D eigenvalue weighted by Gasteiger charge is 2.27. The molecule has 41 heavy (non-hydrogen) atoms. The van der Waals surface area contributed by atoms with E-state index in [1.54, 1.807) is 48.5 Å². The number of anilines is 3. The van der Waals surface area contributed by atoms with Crippen LogP contribution in [0.25, 0.3) is 0 Å². The Balaban J connectivity index is 1.54. The molecule has 1 amide bonds. The second-order valence-electron chi connectivity index (χ2n) is 8.53. The Bertz CT molecular complexity index is 1680. The maximum atomic E-state index is 13.7. The number of benzene rings is 3. The summed E-state index contributed by atoms with van der Waals surface area (Å²) < 4.78 is 61.6. The quantitative estimate of drug-likeness (QED) is 0.217. The second-order valence-corrected chi connectivity index (χ2v) is 13.0. The SMILES string of the molecule is CCOc1ccc(N(CC(=O)Nc2ccc(S(=O)(=O)Nc3cccnc3)cc2)S(=O)(=O)c2ccc(SC)cc2)cc1. The predicted molar refractivity (Wildman–Crippen MR) is 160 cm³/mol. The number of sulfonamides is 2. The van der Waals surface area contributed by atoms with E-state index in [0.717, 1.165) is 9.20 Å². The van der Waals surface area contributed by atoms with Crippen molar-refractivity contribution in [1.82, 2.24) is 4.98 Å². The fourth-order valence-electron chi connectivity index (χ4n) is 3.75. The van der Waals surface area contributed by atoms with Crippen LogP contribution in [-0.4, -0.2) is 47.1 Å². The molecule has 0 fully saturated rings. The van der Waals surface area contributed by atoms with Crippen LogP contribution in [0.15, 0.2) is 112 Å². The number of hydrogen-bond donors (Lipinski definition) is 2. The molecule has 10 nitrogen and oxygen atoms in total. The molecule has 0 radical (unpaired) electrons. The third-order valence-electron chi connectivity index (χ3n) is 5.73. The molecule has 1 aromatic heterocycles. The topological polar surface area (TPSA) is 135 Å². The van der Waals surface area contributed by atoms with Crippen LogP contribution in [0.3, 0.4) is 0 Å². The number of nitrogens with one attached hydrogen (secondary N) is 2. The summed E-state index contributed by atoms with van der Waals surface area (Å²) in [4.78, 5) is 17.9. The molecule has 0 bridgehead atoms. The number of nitrogens with zero attached hydrogens (tertiary/aromatic N) is 2. The van der Waals surface area contributed by atoms with E-state index in [2.05, 4.69) is 15.0 Å². The normalized spacial score (nSPS) is 11.5. The van der Waals surface area contributed by atoms with Crippen LogP contribution < -0.4 is 19.1 Å². The van der Waals surface area contributed by atoms with Gasteiger partial charge in [-0.15, -0.1) is 11.8 Å². The van der Waals surface area contributed by atoms with Gasteiger partial charge in [-0.3, -0.25) is 18.8 Å². The van der Waals surface area contributed by atoms with Gasteiger partial charge in [0, 0.05) is 16.8 Å². The number of ether oxygens (including phenoxy) is 1. The summed E-state index contributed by atoms with van der Waals surface area (Å²) in [5, 5.41) is 2.65. The Labute approximate surface area is 243 Å². The van der Waals surface area contributed by atoms with Gasteiger partial charge < -0.3 is 10.1 Å². The first-order valence-electron chi connectivity index (χ1n) is 12.3. The van der Waals surface area contributed by atoms with Crippen molar-refractivity contribution in [3.8, 4) is 5.75 Å². The van der Waals surface area contributed by atoms with E-state index in [0.29, 0.717) is 23.7 Å². The van der Waals surface area contributed by atoms with Crippen molar-refractivity contribution in [2.45, 2.75) is 21.6 Å². The zero-order chi connectivity index (χ0) is 29.5. The molecule has 4 aromatic rings. The minimum absolute atomic E-state index is 0.0216. The largest absolute Gasteiger partial charge is 0.494 e. The van der Waals surface area contributed by atoms with Crippen molar-refractivity contribution in [1.29, 1.82) is 0 Å². The molecule has 0 saturated heterocycles. The lowest BCUT2D eigenvalue weighted by molar-refractivity contribution is -0.114. The second kappa shape index (κ2) is 13.1. The predicted octanol–water partition coefficient (Wildman–Crippen LogP) is 4.84. The molecule has 4 rings (SSSR count). The molecule has 13 heteroatoms. The summed E-state index contributed by atoms with van der Waals surface area (Å²) in [6.45, 7) is 1.76. The van der Waals surface area contributed by atoms with Crippen molar-refractivity contribution < 1.29 is 26.4 Å². The van der Waals surface area contributed by atoms with Gasteiger partial charge in [0.25, 0.3) is 20.0 Å². The van der Waals surface area contributed by atoms with Gasteiger partial charge in [-0.05, 0) is 98.1 Å². The number of carbonyl (C=O) groups excluding carboxylic acids is 1. The molecule has 0 aliphatic carbocycles. The Morgan fingerprint density at radius 1 is 0.878 bits per heavy atom. The molecule has 0 aliphatic rings. The molecule has 2 N–H and O–H groups in total. The number of pyridine rings is 1.